The minimum absolute atomic E-state index is 0.185. The first kappa shape index (κ1) is 20.2. The van der Waals surface area contributed by atoms with E-state index in [1.165, 1.54) is 12.1 Å². The van der Waals surface area contributed by atoms with E-state index in [4.69, 9.17) is 0 Å². The third-order valence-electron chi connectivity index (χ3n) is 4.79. The van der Waals surface area contributed by atoms with E-state index in [9.17, 15) is 13.2 Å². The van der Waals surface area contributed by atoms with Crippen LogP contribution in [0.4, 0.5) is 24.8 Å². The average molecular weight is 395 g/mol. The average Bonchev–Trinajstić information content (AvgIpc) is 3.08. The minimum atomic E-state index is -4.68. The minimum Gasteiger partial charge on any atom is -0.406 e. The van der Waals surface area contributed by atoms with Crippen LogP contribution in [0.15, 0.2) is 36.7 Å². The largest absolute Gasteiger partial charge is 0.573 e. The van der Waals surface area contributed by atoms with Crippen LogP contribution in [-0.4, -0.2) is 61.5 Å². The highest BCUT2D eigenvalue weighted by Gasteiger charge is 2.31. The molecule has 9 heteroatoms. The number of ether oxygens (including phenoxy) is 1. The molecule has 0 amide bonds. The highest BCUT2D eigenvalue weighted by molar-refractivity contribution is 5.49. The number of anilines is 2. The molecule has 0 radical (unpaired) electrons. The molecule has 2 heterocycles. The number of rotatable bonds is 6. The summed E-state index contributed by atoms with van der Waals surface area (Å²) in [6.07, 6.45) is -2.17. The van der Waals surface area contributed by atoms with Crippen LogP contribution in [0.1, 0.15) is 12.0 Å². The van der Waals surface area contributed by atoms with Crippen molar-refractivity contribution in [1.82, 2.24) is 14.9 Å². The number of hydrogen-bond donors (Lipinski definition) is 0. The van der Waals surface area contributed by atoms with Crippen molar-refractivity contribution in [2.24, 2.45) is 0 Å². The number of alkyl halides is 3. The zero-order valence-corrected chi connectivity index (χ0v) is 16.1. The van der Waals surface area contributed by atoms with Crippen molar-refractivity contribution < 1.29 is 17.9 Å². The van der Waals surface area contributed by atoms with Gasteiger partial charge in [-0.1, -0.05) is 12.1 Å². The van der Waals surface area contributed by atoms with Gasteiger partial charge in [-0.2, -0.15) is 0 Å². The number of nitrogens with zero attached hydrogens (tertiary/aromatic N) is 5. The summed E-state index contributed by atoms with van der Waals surface area (Å²) in [5, 5.41) is 0. The number of aromatic nitrogens is 2. The molecule has 1 aliphatic heterocycles. The summed E-state index contributed by atoms with van der Waals surface area (Å²) >= 11 is 0. The fraction of sp³-hybridized carbons (Fsp3) is 0.474. The highest BCUT2D eigenvalue weighted by Crippen LogP contribution is 2.26. The van der Waals surface area contributed by atoms with Gasteiger partial charge in [-0.3, -0.25) is 4.90 Å². The summed E-state index contributed by atoms with van der Waals surface area (Å²) in [6, 6.07) is 8.38. The molecule has 1 unspecified atom stereocenters. The highest BCUT2D eigenvalue weighted by atomic mass is 19.4. The maximum Gasteiger partial charge on any atom is 0.573 e. The lowest BCUT2D eigenvalue weighted by Gasteiger charge is -2.26. The van der Waals surface area contributed by atoms with E-state index in [-0.39, 0.29) is 11.8 Å². The van der Waals surface area contributed by atoms with Gasteiger partial charge in [0.1, 0.15) is 23.7 Å². The number of benzene rings is 1. The Hall–Kier alpha value is -2.55. The summed E-state index contributed by atoms with van der Waals surface area (Å²) in [5.41, 5.74) is 0.794. The normalized spacial score (nSPS) is 17.6. The topological polar surface area (TPSA) is 44.7 Å². The van der Waals surface area contributed by atoms with Gasteiger partial charge in [0.25, 0.3) is 0 Å². The Morgan fingerprint density at radius 1 is 1.14 bits per heavy atom. The van der Waals surface area contributed by atoms with Crippen LogP contribution in [-0.2, 0) is 6.54 Å². The third-order valence-corrected chi connectivity index (χ3v) is 4.79. The van der Waals surface area contributed by atoms with Gasteiger partial charge in [0.15, 0.2) is 0 Å². The Kier molecular flexibility index (Phi) is 5.93. The maximum atomic E-state index is 12.4. The fourth-order valence-electron chi connectivity index (χ4n) is 3.33. The molecule has 0 spiro atoms. The predicted octanol–water partition coefficient (Wildman–Crippen LogP) is 3.15. The molecule has 1 atom stereocenters. The van der Waals surface area contributed by atoms with E-state index >= 15 is 0 Å². The molecule has 1 aromatic carbocycles. The van der Waals surface area contributed by atoms with Crippen LogP contribution in [0.3, 0.4) is 0 Å². The van der Waals surface area contributed by atoms with E-state index in [1.54, 1.807) is 12.4 Å². The fourth-order valence-corrected chi connectivity index (χ4v) is 3.33. The Morgan fingerprint density at radius 2 is 1.89 bits per heavy atom. The second-order valence-corrected chi connectivity index (χ2v) is 7.11. The summed E-state index contributed by atoms with van der Waals surface area (Å²) in [5.74, 6) is 1.51. The number of halogens is 3. The van der Waals surface area contributed by atoms with Crippen molar-refractivity contribution in [3.8, 4) is 5.75 Å². The Balaban J connectivity index is 1.61. The predicted molar refractivity (Wildman–Crippen MR) is 102 cm³/mol. The van der Waals surface area contributed by atoms with Crippen molar-refractivity contribution in [3.05, 3.63) is 42.2 Å². The molecule has 2 aromatic rings. The summed E-state index contributed by atoms with van der Waals surface area (Å²) in [7, 11) is 5.87. The summed E-state index contributed by atoms with van der Waals surface area (Å²) in [4.78, 5) is 14.9. The number of likely N-dealkylation sites (N-methyl/N-ethyl adjacent to an activating group) is 1. The third kappa shape index (κ3) is 5.25. The Morgan fingerprint density at radius 3 is 2.61 bits per heavy atom. The first-order valence-electron chi connectivity index (χ1n) is 9.00. The molecule has 1 aromatic heterocycles. The molecule has 1 fully saturated rings. The van der Waals surface area contributed by atoms with Gasteiger partial charge in [0.05, 0.1) is 0 Å². The van der Waals surface area contributed by atoms with Gasteiger partial charge in [0, 0.05) is 52.9 Å². The first-order valence-corrected chi connectivity index (χ1v) is 9.00. The Labute approximate surface area is 162 Å². The van der Waals surface area contributed by atoms with Crippen molar-refractivity contribution in [3.63, 3.8) is 0 Å². The molecule has 0 bridgehead atoms. The van der Waals surface area contributed by atoms with Crippen molar-refractivity contribution >= 4 is 11.6 Å². The van der Waals surface area contributed by atoms with E-state index < -0.39 is 6.36 Å². The lowest BCUT2D eigenvalue weighted by atomic mass is 10.2. The Bertz CT molecular complexity index is 799. The molecule has 1 aliphatic rings. The molecule has 0 saturated carbocycles. The number of likely N-dealkylation sites (tertiary alicyclic amines) is 1. The maximum absolute atomic E-state index is 12.4. The van der Waals surface area contributed by atoms with Crippen molar-refractivity contribution in [1.29, 1.82) is 0 Å². The van der Waals surface area contributed by atoms with E-state index in [0.717, 1.165) is 36.7 Å². The van der Waals surface area contributed by atoms with Crippen LogP contribution in [0.25, 0.3) is 0 Å². The van der Waals surface area contributed by atoms with Crippen LogP contribution in [0.5, 0.6) is 5.75 Å². The van der Waals surface area contributed by atoms with E-state index in [1.807, 2.05) is 38.2 Å². The monoisotopic (exact) mass is 395 g/mol. The van der Waals surface area contributed by atoms with Crippen LogP contribution in [0, 0.1) is 0 Å². The molecule has 0 N–H and O–H groups in total. The van der Waals surface area contributed by atoms with Crippen LogP contribution >= 0.6 is 0 Å². The van der Waals surface area contributed by atoms with Crippen LogP contribution < -0.4 is 14.5 Å². The van der Waals surface area contributed by atoms with Crippen molar-refractivity contribution in [2.75, 3.05) is 44.0 Å². The SMILES string of the molecule is CN(C)c1cc(N(C)C2CCN(Cc3cccc(OC(F)(F)F)c3)C2)ncn1. The summed E-state index contributed by atoms with van der Waals surface area (Å²) < 4.78 is 41.2. The van der Waals surface area contributed by atoms with Gasteiger partial charge in [0.2, 0.25) is 0 Å². The molecule has 152 valence electrons. The van der Waals surface area contributed by atoms with Gasteiger partial charge < -0.3 is 14.5 Å². The second kappa shape index (κ2) is 8.22. The lowest BCUT2D eigenvalue weighted by Crippen LogP contribution is -2.35. The second-order valence-electron chi connectivity index (χ2n) is 7.11. The van der Waals surface area contributed by atoms with E-state index in [2.05, 4.69) is 24.5 Å². The van der Waals surface area contributed by atoms with Gasteiger partial charge >= 0.3 is 6.36 Å². The lowest BCUT2D eigenvalue weighted by molar-refractivity contribution is -0.274. The standard InChI is InChI=1S/C19H24F3N5O/c1-25(2)17-10-18(24-13-23-17)26(3)15-7-8-27(12-15)11-14-5-4-6-16(9-14)28-19(20,21)22/h4-6,9-10,13,15H,7-8,11-12H2,1-3H3. The number of hydrogen-bond acceptors (Lipinski definition) is 6. The molecule has 28 heavy (non-hydrogen) atoms. The summed E-state index contributed by atoms with van der Waals surface area (Å²) in [6.45, 7) is 2.25. The smallest absolute Gasteiger partial charge is 0.406 e. The molecular formula is C19H24F3N5O. The molecule has 6 nitrogen and oxygen atoms in total. The quantitative estimate of drug-likeness (QED) is 0.749. The first-order chi connectivity index (χ1) is 13.2. The van der Waals surface area contributed by atoms with Gasteiger partial charge in [-0.15, -0.1) is 13.2 Å². The van der Waals surface area contributed by atoms with Crippen LogP contribution in [0.2, 0.25) is 0 Å². The molecule has 0 aliphatic carbocycles. The van der Waals surface area contributed by atoms with Crippen molar-refractivity contribution in [2.45, 2.75) is 25.4 Å². The zero-order chi connectivity index (χ0) is 20.3. The zero-order valence-electron chi connectivity index (χ0n) is 16.1. The molecule has 3 rings (SSSR count). The molecule has 1 saturated heterocycles. The van der Waals surface area contributed by atoms with Gasteiger partial charge in [-0.05, 0) is 24.1 Å². The molecular weight excluding hydrogens is 371 g/mol. The van der Waals surface area contributed by atoms with E-state index in [0.29, 0.717) is 6.54 Å². The van der Waals surface area contributed by atoms with Gasteiger partial charge in [-0.25, -0.2) is 9.97 Å².